The van der Waals surface area contributed by atoms with Gasteiger partial charge < -0.3 is 11.1 Å². The fourth-order valence-electron chi connectivity index (χ4n) is 1.59. The van der Waals surface area contributed by atoms with Gasteiger partial charge in [0.1, 0.15) is 4.99 Å². The molecule has 0 fully saturated rings. The van der Waals surface area contributed by atoms with E-state index in [0.717, 1.165) is 29.8 Å². The number of hydrogen-bond acceptors (Lipinski definition) is 3. The smallest absolute Gasteiger partial charge is 0.106 e. The van der Waals surface area contributed by atoms with Crippen molar-refractivity contribution < 1.29 is 4.21 Å². The number of thiocarbonyl (C=S) groups is 1. The lowest BCUT2D eigenvalue weighted by Crippen LogP contribution is -2.17. The molecule has 0 aromatic heterocycles. The van der Waals surface area contributed by atoms with Crippen molar-refractivity contribution >= 4 is 33.7 Å². The van der Waals surface area contributed by atoms with Crippen LogP contribution in [-0.2, 0) is 10.8 Å². The van der Waals surface area contributed by atoms with Gasteiger partial charge in [-0.05, 0) is 25.5 Å². The highest BCUT2D eigenvalue weighted by Crippen LogP contribution is 2.17. The van der Waals surface area contributed by atoms with Gasteiger partial charge in [-0.1, -0.05) is 30.8 Å². The van der Waals surface area contributed by atoms with E-state index in [4.69, 9.17) is 18.0 Å². The van der Waals surface area contributed by atoms with E-state index in [1.807, 2.05) is 32.0 Å². The summed E-state index contributed by atoms with van der Waals surface area (Å²) in [5.74, 6) is 0. The largest absolute Gasteiger partial charge is 0.389 e. The minimum absolute atomic E-state index is 0.191. The maximum atomic E-state index is 11.2. The van der Waals surface area contributed by atoms with Gasteiger partial charge in [0.05, 0.1) is 0 Å². The van der Waals surface area contributed by atoms with Crippen molar-refractivity contribution in [3.05, 3.63) is 29.3 Å². The Hall–Kier alpha value is -0.940. The molecule has 0 amide bonds. The molecule has 0 heterocycles. The molecule has 3 nitrogen and oxygen atoms in total. The first-order valence-corrected chi connectivity index (χ1v) is 7.91. The van der Waals surface area contributed by atoms with Gasteiger partial charge in [0.15, 0.2) is 0 Å². The van der Waals surface area contributed by atoms with Crippen LogP contribution in [0.15, 0.2) is 18.2 Å². The van der Waals surface area contributed by atoms with E-state index < -0.39 is 10.8 Å². The van der Waals surface area contributed by atoms with E-state index in [2.05, 4.69) is 5.32 Å². The zero-order chi connectivity index (χ0) is 13.7. The number of nitrogens with two attached hydrogens (primary N) is 1. The zero-order valence-corrected chi connectivity index (χ0v) is 12.7. The van der Waals surface area contributed by atoms with E-state index in [9.17, 15) is 4.21 Å². The van der Waals surface area contributed by atoms with Gasteiger partial charge in [-0.25, -0.2) is 0 Å². The summed E-state index contributed by atoms with van der Waals surface area (Å²) in [6.07, 6.45) is 2.59. The van der Waals surface area contributed by atoms with Crippen LogP contribution in [-0.4, -0.2) is 27.2 Å². The number of aryl methyl sites for hydroxylation is 1. The predicted octanol–water partition coefficient (Wildman–Crippen LogP) is 2.20. The molecular weight excluding hydrogens is 264 g/mol. The molecule has 1 aromatic rings. The van der Waals surface area contributed by atoms with Crippen molar-refractivity contribution in [3.8, 4) is 0 Å². The molecule has 0 spiro atoms. The monoisotopic (exact) mass is 284 g/mol. The summed E-state index contributed by atoms with van der Waals surface area (Å²) < 4.78 is 11.2. The van der Waals surface area contributed by atoms with E-state index in [-0.39, 0.29) is 5.25 Å². The van der Waals surface area contributed by atoms with Gasteiger partial charge in [0.25, 0.3) is 0 Å². The molecule has 5 heteroatoms. The third-order valence-corrected chi connectivity index (χ3v) is 4.46. The maximum Gasteiger partial charge on any atom is 0.106 e. The second-order valence-electron chi connectivity index (χ2n) is 4.44. The number of benzene rings is 1. The summed E-state index contributed by atoms with van der Waals surface area (Å²) >= 11 is 5.04. The minimum Gasteiger partial charge on any atom is -0.389 e. The van der Waals surface area contributed by atoms with Gasteiger partial charge >= 0.3 is 0 Å². The highest BCUT2D eigenvalue weighted by atomic mass is 32.2. The number of rotatable bonds is 6. The SMILES string of the molecule is Cc1ccc(NCCC(C)S(C)=O)c(C(N)=S)c1. The summed E-state index contributed by atoms with van der Waals surface area (Å²) in [5.41, 5.74) is 8.65. The normalized spacial score (nSPS) is 13.9. The molecule has 0 aliphatic carbocycles. The van der Waals surface area contributed by atoms with Crippen LogP contribution in [0, 0.1) is 6.92 Å². The van der Waals surface area contributed by atoms with Crippen LogP contribution in [0.3, 0.4) is 0 Å². The van der Waals surface area contributed by atoms with Crippen molar-refractivity contribution in [2.75, 3.05) is 18.1 Å². The van der Waals surface area contributed by atoms with E-state index >= 15 is 0 Å². The van der Waals surface area contributed by atoms with Gasteiger partial charge in [-0.3, -0.25) is 4.21 Å². The number of anilines is 1. The molecule has 3 N–H and O–H groups in total. The van der Waals surface area contributed by atoms with Crippen molar-refractivity contribution in [2.24, 2.45) is 5.73 Å². The fourth-order valence-corrected chi connectivity index (χ4v) is 2.21. The van der Waals surface area contributed by atoms with Crippen LogP contribution >= 0.6 is 12.2 Å². The van der Waals surface area contributed by atoms with Crippen LogP contribution in [0.4, 0.5) is 5.69 Å². The van der Waals surface area contributed by atoms with Gasteiger partial charge in [-0.15, -0.1) is 0 Å². The molecule has 0 saturated carbocycles. The van der Waals surface area contributed by atoms with Gasteiger partial charge in [0, 0.05) is 40.1 Å². The van der Waals surface area contributed by atoms with Crippen LogP contribution in [0.5, 0.6) is 0 Å². The molecule has 1 aromatic carbocycles. The third-order valence-electron chi connectivity index (χ3n) is 2.87. The Morgan fingerprint density at radius 2 is 2.22 bits per heavy atom. The Bertz CT molecular complexity index is 460. The second kappa shape index (κ2) is 6.85. The molecule has 0 bridgehead atoms. The quantitative estimate of drug-likeness (QED) is 0.786. The maximum absolute atomic E-state index is 11.2. The molecule has 0 aliphatic heterocycles. The Morgan fingerprint density at radius 1 is 1.56 bits per heavy atom. The van der Waals surface area contributed by atoms with Gasteiger partial charge in [0.2, 0.25) is 0 Å². The lowest BCUT2D eigenvalue weighted by atomic mass is 10.1. The van der Waals surface area contributed by atoms with Crippen molar-refractivity contribution in [1.29, 1.82) is 0 Å². The molecule has 0 aliphatic rings. The molecule has 2 atom stereocenters. The lowest BCUT2D eigenvalue weighted by Gasteiger charge is -2.13. The van der Waals surface area contributed by atoms with Crippen LogP contribution in [0.2, 0.25) is 0 Å². The second-order valence-corrected chi connectivity index (χ2v) is 6.68. The standard InChI is InChI=1S/C13H20N2OS2/c1-9-4-5-12(11(8-9)13(14)17)15-7-6-10(2)18(3)16/h4-5,8,10,15H,6-7H2,1-3H3,(H2,14,17). The Labute approximate surface area is 117 Å². The van der Waals surface area contributed by atoms with Crippen LogP contribution < -0.4 is 11.1 Å². The Morgan fingerprint density at radius 3 is 2.78 bits per heavy atom. The predicted molar refractivity (Wildman–Crippen MR) is 83.7 cm³/mol. The summed E-state index contributed by atoms with van der Waals surface area (Å²) in [6, 6.07) is 5.98. The molecule has 0 saturated heterocycles. The van der Waals surface area contributed by atoms with Crippen LogP contribution in [0.1, 0.15) is 24.5 Å². The molecule has 18 heavy (non-hydrogen) atoms. The molecular formula is C13H20N2OS2. The minimum atomic E-state index is -0.776. The summed E-state index contributed by atoms with van der Waals surface area (Å²) in [4.78, 5) is 0.397. The molecule has 0 radical (unpaired) electrons. The number of nitrogens with one attached hydrogen (secondary N) is 1. The molecule has 100 valence electrons. The Kier molecular flexibility index (Phi) is 5.75. The third kappa shape index (κ3) is 4.38. The first-order chi connectivity index (χ1) is 8.41. The van der Waals surface area contributed by atoms with Crippen molar-refractivity contribution in [2.45, 2.75) is 25.5 Å². The van der Waals surface area contributed by atoms with Crippen LogP contribution in [0.25, 0.3) is 0 Å². The van der Waals surface area contributed by atoms with E-state index in [1.165, 1.54) is 0 Å². The molecule has 1 rings (SSSR count). The van der Waals surface area contributed by atoms with Gasteiger partial charge in [-0.2, -0.15) is 0 Å². The Balaban J connectivity index is 2.67. The lowest BCUT2D eigenvalue weighted by molar-refractivity contribution is 0.672. The fraction of sp³-hybridized carbons (Fsp3) is 0.462. The summed E-state index contributed by atoms with van der Waals surface area (Å²) in [7, 11) is -0.776. The zero-order valence-electron chi connectivity index (χ0n) is 11.0. The van der Waals surface area contributed by atoms with Crippen molar-refractivity contribution in [3.63, 3.8) is 0 Å². The highest BCUT2D eigenvalue weighted by molar-refractivity contribution is 7.84. The average Bonchev–Trinajstić information content (AvgIpc) is 2.30. The van der Waals surface area contributed by atoms with E-state index in [1.54, 1.807) is 6.26 Å². The molecule has 2 unspecified atom stereocenters. The first-order valence-electron chi connectivity index (χ1n) is 5.88. The van der Waals surface area contributed by atoms with E-state index in [0.29, 0.717) is 4.99 Å². The topological polar surface area (TPSA) is 55.1 Å². The first kappa shape index (κ1) is 15.1. The van der Waals surface area contributed by atoms with Crippen molar-refractivity contribution in [1.82, 2.24) is 0 Å². The summed E-state index contributed by atoms with van der Waals surface area (Å²) in [5, 5.41) is 3.50. The summed E-state index contributed by atoms with van der Waals surface area (Å²) in [6.45, 7) is 4.76. The highest BCUT2D eigenvalue weighted by Gasteiger charge is 2.08. The number of hydrogen-bond donors (Lipinski definition) is 2. The average molecular weight is 284 g/mol.